The first-order valence-corrected chi connectivity index (χ1v) is 6.37. The summed E-state index contributed by atoms with van der Waals surface area (Å²) < 4.78 is 1.18. The van der Waals surface area contributed by atoms with Crippen LogP contribution in [-0.2, 0) is 6.54 Å². The van der Waals surface area contributed by atoms with E-state index in [2.05, 4.69) is 21.3 Å². The van der Waals surface area contributed by atoms with E-state index >= 15 is 0 Å². The highest BCUT2D eigenvalue weighted by atomic mass is 35.5. The van der Waals surface area contributed by atoms with Gasteiger partial charge in [-0.1, -0.05) is 23.6 Å². The number of hydrogen-bond acceptors (Lipinski definition) is 4. The number of halogens is 1. The molecule has 2 heterocycles. The first-order chi connectivity index (χ1) is 9.63. The fraction of sp³-hybridized carbons (Fsp3) is 0.214. The molecule has 0 amide bonds. The van der Waals surface area contributed by atoms with Gasteiger partial charge in [-0.25, -0.2) is 4.68 Å². The molecule has 0 spiro atoms. The lowest BCUT2D eigenvalue weighted by Crippen LogP contribution is -2.26. The maximum absolute atomic E-state index is 12.2. The molecule has 1 N–H and O–H groups in total. The molecule has 0 saturated carbocycles. The van der Waals surface area contributed by atoms with Gasteiger partial charge in [0.2, 0.25) is 0 Å². The van der Waals surface area contributed by atoms with Crippen molar-refractivity contribution in [2.45, 2.75) is 19.5 Å². The third-order valence-corrected chi connectivity index (χ3v) is 3.07. The molecule has 1 atom stereocenters. The molecule has 0 aromatic carbocycles. The fourth-order valence-corrected chi connectivity index (χ4v) is 1.91. The number of nitrogens with zero attached hydrogens (tertiary/aromatic N) is 3. The zero-order valence-electron chi connectivity index (χ0n) is 10.9. The summed E-state index contributed by atoms with van der Waals surface area (Å²) >= 11 is 6.03. The first kappa shape index (κ1) is 14.1. The summed E-state index contributed by atoms with van der Waals surface area (Å²) in [6.45, 7) is 2.02. The van der Waals surface area contributed by atoms with Crippen molar-refractivity contribution in [3.63, 3.8) is 0 Å². The number of anilines is 1. The standard InChI is InChI=1S/C14H13ClN4O/c1-3-7-19-14(20)13(12(15)9-17-19)18-10(2)11-5-4-6-16-8-11/h1,4-6,8-10,18H,7H2,2H3. The molecule has 1 unspecified atom stereocenters. The summed E-state index contributed by atoms with van der Waals surface area (Å²) in [6, 6.07) is 3.63. The van der Waals surface area contributed by atoms with Crippen LogP contribution in [0.15, 0.2) is 35.5 Å². The minimum Gasteiger partial charge on any atom is -0.373 e. The van der Waals surface area contributed by atoms with E-state index in [1.807, 2.05) is 19.1 Å². The van der Waals surface area contributed by atoms with Gasteiger partial charge in [-0.2, -0.15) is 5.10 Å². The fourth-order valence-electron chi connectivity index (χ4n) is 1.73. The predicted molar refractivity (Wildman–Crippen MR) is 78.6 cm³/mol. The molecular formula is C14H13ClN4O. The Labute approximate surface area is 121 Å². The lowest BCUT2D eigenvalue weighted by molar-refractivity contribution is 0.662. The monoisotopic (exact) mass is 288 g/mol. The zero-order valence-corrected chi connectivity index (χ0v) is 11.6. The highest BCUT2D eigenvalue weighted by Gasteiger charge is 2.13. The molecule has 20 heavy (non-hydrogen) atoms. The van der Waals surface area contributed by atoms with E-state index in [1.165, 1.54) is 10.9 Å². The second-order valence-electron chi connectivity index (χ2n) is 4.19. The van der Waals surface area contributed by atoms with Crippen LogP contribution in [0.25, 0.3) is 0 Å². The maximum atomic E-state index is 12.2. The van der Waals surface area contributed by atoms with Gasteiger partial charge in [-0.3, -0.25) is 9.78 Å². The van der Waals surface area contributed by atoms with Gasteiger partial charge in [-0.05, 0) is 18.6 Å². The van der Waals surface area contributed by atoms with Crippen molar-refractivity contribution in [3.8, 4) is 12.3 Å². The van der Waals surface area contributed by atoms with E-state index in [-0.39, 0.29) is 28.9 Å². The zero-order chi connectivity index (χ0) is 14.5. The molecule has 0 saturated heterocycles. The van der Waals surface area contributed by atoms with Crippen LogP contribution in [0.1, 0.15) is 18.5 Å². The third kappa shape index (κ3) is 2.98. The van der Waals surface area contributed by atoms with E-state index in [0.29, 0.717) is 0 Å². The lowest BCUT2D eigenvalue weighted by Gasteiger charge is -2.16. The SMILES string of the molecule is C#CCn1ncc(Cl)c(NC(C)c2cccnc2)c1=O. The smallest absolute Gasteiger partial charge is 0.292 e. The van der Waals surface area contributed by atoms with E-state index in [1.54, 1.807) is 12.4 Å². The first-order valence-electron chi connectivity index (χ1n) is 5.99. The molecule has 2 aromatic heterocycles. The number of aromatic nitrogens is 3. The molecule has 2 rings (SSSR count). The minimum atomic E-state index is -0.341. The Balaban J connectivity index is 2.32. The van der Waals surface area contributed by atoms with E-state index in [0.717, 1.165) is 5.56 Å². The average Bonchev–Trinajstić information content (AvgIpc) is 2.47. The van der Waals surface area contributed by atoms with Crippen LogP contribution < -0.4 is 10.9 Å². The normalized spacial score (nSPS) is 11.7. The Morgan fingerprint density at radius 3 is 3.00 bits per heavy atom. The predicted octanol–water partition coefficient (Wildman–Crippen LogP) is 2.10. The summed E-state index contributed by atoms with van der Waals surface area (Å²) in [6.07, 6.45) is 10.0. The largest absolute Gasteiger partial charge is 0.373 e. The van der Waals surface area contributed by atoms with Crippen LogP contribution >= 0.6 is 11.6 Å². The van der Waals surface area contributed by atoms with Gasteiger partial charge >= 0.3 is 0 Å². The van der Waals surface area contributed by atoms with Crippen LogP contribution in [0.2, 0.25) is 5.02 Å². The van der Waals surface area contributed by atoms with Crippen molar-refractivity contribution < 1.29 is 0 Å². The minimum absolute atomic E-state index is 0.103. The Morgan fingerprint density at radius 2 is 2.35 bits per heavy atom. The molecule has 0 aliphatic carbocycles. The van der Waals surface area contributed by atoms with Gasteiger partial charge in [0.15, 0.2) is 0 Å². The molecule has 6 heteroatoms. The van der Waals surface area contributed by atoms with Crippen molar-refractivity contribution in [3.05, 3.63) is 51.7 Å². The molecule has 0 radical (unpaired) electrons. The number of pyridine rings is 1. The highest BCUT2D eigenvalue weighted by molar-refractivity contribution is 6.33. The van der Waals surface area contributed by atoms with Crippen LogP contribution in [0, 0.1) is 12.3 Å². The van der Waals surface area contributed by atoms with Gasteiger partial charge < -0.3 is 5.32 Å². The van der Waals surface area contributed by atoms with Crippen LogP contribution in [0.5, 0.6) is 0 Å². The van der Waals surface area contributed by atoms with E-state index < -0.39 is 0 Å². The maximum Gasteiger partial charge on any atom is 0.292 e. The molecule has 0 bridgehead atoms. The molecular weight excluding hydrogens is 276 g/mol. The van der Waals surface area contributed by atoms with Crippen molar-refractivity contribution in [1.82, 2.24) is 14.8 Å². The summed E-state index contributed by atoms with van der Waals surface area (Å²) in [5.41, 5.74) is 0.891. The van der Waals surface area contributed by atoms with Gasteiger partial charge in [0.25, 0.3) is 5.56 Å². The highest BCUT2D eigenvalue weighted by Crippen LogP contribution is 2.21. The second kappa shape index (κ2) is 6.22. The second-order valence-corrected chi connectivity index (χ2v) is 4.59. The molecule has 0 fully saturated rings. The topological polar surface area (TPSA) is 59.8 Å². The molecule has 0 aliphatic rings. The Hall–Kier alpha value is -2.32. The van der Waals surface area contributed by atoms with Crippen molar-refractivity contribution in [2.75, 3.05) is 5.32 Å². The van der Waals surface area contributed by atoms with Gasteiger partial charge in [0, 0.05) is 12.4 Å². The van der Waals surface area contributed by atoms with Crippen LogP contribution in [0.4, 0.5) is 5.69 Å². The van der Waals surface area contributed by atoms with Gasteiger partial charge in [-0.15, -0.1) is 6.42 Å². The van der Waals surface area contributed by atoms with E-state index in [9.17, 15) is 4.79 Å². The molecule has 5 nitrogen and oxygen atoms in total. The quantitative estimate of drug-likeness (QED) is 0.875. The summed E-state index contributed by atoms with van der Waals surface area (Å²) in [5.74, 6) is 2.38. The van der Waals surface area contributed by atoms with Crippen LogP contribution in [0.3, 0.4) is 0 Å². The third-order valence-electron chi connectivity index (χ3n) is 2.78. The Morgan fingerprint density at radius 1 is 1.55 bits per heavy atom. The van der Waals surface area contributed by atoms with E-state index in [4.69, 9.17) is 18.0 Å². The summed E-state index contributed by atoms with van der Waals surface area (Å²) in [5, 5.41) is 7.23. The molecule has 0 aliphatic heterocycles. The Kier molecular flexibility index (Phi) is 4.38. The summed E-state index contributed by atoms with van der Waals surface area (Å²) in [7, 11) is 0. The summed E-state index contributed by atoms with van der Waals surface area (Å²) in [4.78, 5) is 16.2. The lowest BCUT2D eigenvalue weighted by atomic mass is 10.1. The number of hydrogen-bond donors (Lipinski definition) is 1. The number of nitrogens with one attached hydrogen (secondary N) is 1. The number of terminal acetylenes is 1. The molecule has 2 aromatic rings. The average molecular weight is 289 g/mol. The molecule has 102 valence electrons. The number of rotatable bonds is 4. The van der Waals surface area contributed by atoms with Gasteiger partial charge in [0.05, 0.1) is 17.3 Å². The van der Waals surface area contributed by atoms with Crippen LogP contribution in [-0.4, -0.2) is 14.8 Å². The van der Waals surface area contributed by atoms with Crippen molar-refractivity contribution >= 4 is 17.3 Å². The Bertz CT molecular complexity index is 691. The van der Waals surface area contributed by atoms with Gasteiger partial charge in [0.1, 0.15) is 12.2 Å². The van der Waals surface area contributed by atoms with Crippen molar-refractivity contribution in [2.24, 2.45) is 0 Å². The van der Waals surface area contributed by atoms with Crippen molar-refractivity contribution in [1.29, 1.82) is 0 Å².